The van der Waals surface area contributed by atoms with Crippen LogP contribution in [-0.2, 0) is 9.53 Å². The van der Waals surface area contributed by atoms with Gasteiger partial charge in [0.2, 0.25) is 0 Å². The van der Waals surface area contributed by atoms with Crippen molar-refractivity contribution in [2.75, 3.05) is 0 Å². The molecule has 0 aliphatic heterocycles. The number of alkyl carbamates (subject to hydrolysis) is 1. The topological polar surface area (TPSA) is 75.6 Å². The minimum atomic E-state index is -1.38. The first-order valence-corrected chi connectivity index (χ1v) is 6.09. The number of rotatable bonds is 3. The fourth-order valence-electron chi connectivity index (χ4n) is 1.90. The second-order valence-electron chi connectivity index (χ2n) is 5.68. The molecule has 0 radical (unpaired) electrons. The highest BCUT2D eigenvalue weighted by molar-refractivity contribution is 5.87. The fraction of sp³-hybridized carbons (Fsp3) is 0.692. The standard InChI is InChI=1S/C13H21NO4/c1-12(2,3)18-11(17)14-13(4,10(15)16)9-7-5-6-8-9/h7H,5-6,8H2,1-4H3,(H,14,17)(H,15,16). The summed E-state index contributed by atoms with van der Waals surface area (Å²) in [5.74, 6) is -1.07. The van der Waals surface area contributed by atoms with E-state index in [0.29, 0.717) is 6.42 Å². The lowest BCUT2D eigenvalue weighted by Crippen LogP contribution is -2.54. The number of carboxylic acids is 1. The number of hydrogen-bond acceptors (Lipinski definition) is 3. The summed E-state index contributed by atoms with van der Waals surface area (Å²) in [4.78, 5) is 23.1. The maximum atomic E-state index is 11.7. The Hall–Kier alpha value is -1.52. The van der Waals surface area contributed by atoms with Crippen LogP contribution in [0.3, 0.4) is 0 Å². The lowest BCUT2D eigenvalue weighted by molar-refractivity contribution is -0.142. The van der Waals surface area contributed by atoms with Crippen LogP contribution in [0.1, 0.15) is 47.0 Å². The van der Waals surface area contributed by atoms with Crippen molar-refractivity contribution >= 4 is 12.1 Å². The zero-order chi connectivity index (χ0) is 14.0. The van der Waals surface area contributed by atoms with Gasteiger partial charge in [-0.1, -0.05) is 6.08 Å². The van der Waals surface area contributed by atoms with Crippen LogP contribution in [-0.4, -0.2) is 28.3 Å². The molecule has 1 rings (SSSR count). The van der Waals surface area contributed by atoms with Crippen molar-refractivity contribution in [2.24, 2.45) is 0 Å². The summed E-state index contributed by atoms with van der Waals surface area (Å²) in [6.45, 7) is 6.70. The van der Waals surface area contributed by atoms with Crippen molar-refractivity contribution in [1.29, 1.82) is 0 Å². The van der Waals surface area contributed by atoms with E-state index in [1.54, 1.807) is 20.8 Å². The highest BCUT2D eigenvalue weighted by atomic mass is 16.6. The average Bonchev–Trinajstić information content (AvgIpc) is 2.66. The number of amides is 1. The number of carbonyl (C=O) groups is 2. The summed E-state index contributed by atoms with van der Waals surface area (Å²) < 4.78 is 5.10. The average molecular weight is 255 g/mol. The summed E-state index contributed by atoms with van der Waals surface area (Å²) >= 11 is 0. The van der Waals surface area contributed by atoms with Crippen LogP contribution < -0.4 is 5.32 Å². The Morgan fingerprint density at radius 1 is 1.33 bits per heavy atom. The second kappa shape index (κ2) is 5.00. The quantitative estimate of drug-likeness (QED) is 0.759. The SMILES string of the molecule is CC(C)(C)OC(=O)NC(C)(C(=O)O)C1=CCCC1. The van der Waals surface area contributed by atoms with Crippen LogP contribution in [0.15, 0.2) is 11.6 Å². The third kappa shape index (κ3) is 3.48. The first-order valence-electron chi connectivity index (χ1n) is 6.09. The zero-order valence-electron chi connectivity index (χ0n) is 11.4. The lowest BCUT2D eigenvalue weighted by Gasteiger charge is -2.29. The first-order chi connectivity index (χ1) is 8.15. The van der Waals surface area contributed by atoms with Crippen LogP contribution in [0.2, 0.25) is 0 Å². The van der Waals surface area contributed by atoms with E-state index in [2.05, 4.69) is 5.32 Å². The molecule has 1 atom stereocenters. The predicted molar refractivity (Wildman–Crippen MR) is 67.3 cm³/mol. The van der Waals surface area contributed by atoms with Gasteiger partial charge in [-0.05, 0) is 52.5 Å². The molecule has 0 spiro atoms. The number of ether oxygens (including phenoxy) is 1. The van der Waals surface area contributed by atoms with E-state index in [9.17, 15) is 14.7 Å². The van der Waals surface area contributed by atoms with Crippen LogP contribution >= 0.6 is 0 Å². The Labute approximate surface area is 107 Å². The van der Waals surface area contributed by atoms with Gasteiger partial charge in [0, 0.05) is 0 Å². The smallest absolute Gasteiger partial charge is 0.408 e. The van der Waals surface area contributed by atoms with Gasteiger partial charge in [-0.2, -0.15) is 0 Å². The van der Waals surface area contributed by atoms with E-state index >= 15 is 0 Å². The van der Waals surface area contributed by atoms with E-state index in [0.717, 1.165) is 18.4 Å². The molecule has 1 aliphatic carbocycles. The molecule has 0 aromatic rings. The number of nitrogens with one attached hydrogen (secondary N) is 1. The van der Waals surface area contributed by atoms with Gasteiger partial charge in [-0.3, -0.25) is 0 Å². The van der Waals surface area contributed by atoms with Crippen LogP contribution in [0.25, 0.3) is 0 Å². The van der Waals surface area contributed by atoms with Crippen LogP contribution in [0, 0.1) is 0 Å². The van der Waals surface area contributed by atoms with E-state index in [1.165, 1.54) is 6.92 Å². The Balaban J connectivity index is 2.81. The second-order valence-corrected chi connectivity index (χ2v) is 5.68. The van der Waals surface area contributed by atoms with Gasteiger partial charge in [0.1, 0.15) is 5.60 Å². The van der Waals surface area contributed by atoms with Crippen molar-refractivity contribution in [2.45, 2.75) is 58.1 Å². The Bertz CT molecular complexity index is 381. The molecule has 18 heavy (non-hydrogen) atoms. The molecule has 102 valence electrons. The number of carbonyl (C=O) groups excluding carboxylic acids is 1. The lowest BCUT2D eigenvalue weighted by atomic mass is 9.91. The molecule has 0 saturated carbocycles. The summed E-state index contributed by atoms with van der Waals surface area (Å²) in [6.07, 6.45) is 3.65. The molecule has 5 nitrogen and oxygen atoms in total. The van der Waals surface area contributed by atoms with Crippen LogP contribution in [0.4, 0.5) is 4.79 Å². The van der Waals surface area contributed by atoms with Gasteiger partial charge in [0.05, 0.1) is 0 Å². The van der Waals surface area contributed by atoms with E-state index in [4.69, 9.17) is 4.74 Å². The molecule has 0 fully saturated rings. The van der Waals surface area contributed by atoms with Crippen molar-refractivity contribution < 1.29 is 19.4 Å². The van der Waals surface area contributed by atoms with Gasteiger partial charge in [0.25, 0.3) is 0 Å². The third-order valence-electron chi connectivity index (χ3n) is 2.86. The monoisotopic (exact) mass is 255 g/mol. The van der Waals surface area contributed by atoms with Gasteiger partial charge < -0.3 is 15.2 Å². The Morgan fingerprint density at radius 3 is 2.33 bits per heavy atom. The molecular weight excluding hydrogens is 234 g/mol. The highest BCUT2D eigenvalue weighted by Crippen LogP contribution is 2.29. The minimum Gasteiger partial charge on any atom is -0.479 e. The predicted octanol–water partition coefficient (Wildman–Crippen LogP) is 2.46. The third-order valence-corrected chi connectivity index (χ3v) is 2.86. The van der Waals surface area contributed by atoms with Crippen LogP contribution in [0.5, 0.6) is 0 Å². The van der Waals surface area contributed by atoms with E-state index in [-0.39, 0.29) is 0 Å². The number of allylic oxidation sites excluding steroid dienone is 1. The van der Waals surface area contributed by atoms with Gasteiger partial charge >= 0.3 is 12.1 Å². The summed E-state index contributed by atoms with van der Waals surface area (Å²) in [7, 11) is 0. The first kappa shape index (κ1) is 14.5. The van der Waals surface area contributed by atoms with Crippen molar-refractivity contribution in [3.05, 3.63) is 11.6 Å². The Kier molecular flexibility index (Phi) is 4.04. The minimum absolute atomic E-state index is 0.645. The summed E-state index contributed by atoms with van der Waals surface area (Å²) in [5.41, 5.74) is -1.28. The molecule has 1 unspecified atom stereocenters. The van der Waals surface area contributed by atoms with E-state index < -0.39 is 23.2 Å². The molecule has 2 N–H and O–H groups in total. The summed E-state index contributed by atoms with van der Waals surface area (Å²) in [6, 6.07) is 0. The molecule has 0 bridgehead atoms. The van der Waals surface area contributed by atoms with Gasteiger partial charge in [-0.25, -0.2) is 9.59 Å². The summed E-state index contributed by atoms with van der Waals surface area (Å²) in [5, 5.41) is 11.8. The van der Waals surface area contributed by atoms with Gasteiger partial charge in [0.15, 0.2) is 5.54 Å². The molecule has 1 aliphatic rings. The highest BCUT2D eigenvalue weighted by Gasteiger charge is 2.40. The maximum Gasteiger partial charge on any atom is 0.408 e. The van der Waals surface area contributed by atoms with Crippen molar-refractivity contribution in [3.63, 3.8) is 0 Å². The molecule has 0 saturated heterocycles. The largest absolute Gasteiger partial charge is 0.479 e. The number of hydrogen-bond donors (Lipinski definition) is 2. The molecule has 0 aromatic heterocycles. The number of carboxylic acid groups (broad SMARTS) is 1. The molecule has 1 amide bonds. The molecule has 0 heterocycles. The fourth-order valence-corrected chi connectivity index (χ4v) is 1.90. The van der Waals surface area contributed by atoms with Crippen molar-refractivity contribution in [3.8, 4) is 0 Å². The maximum absolute atomic E-state index is 11.7. The normalized spacial score (nSPS) is 18.8. The molecular formula is C13H21NO4. The molecule has 0 aromatic carbocycles. The van der Waals surface area contributed by atoms with E-state index in [1.807, 2.05) is 6.08 Å². The van der Waals surface area contributed by atoms with Gasteiger partial charge in [-0.15, -0.1) is 0 Å². The van der Waals surface area contributed by atoms with Crippen molar-refractivity contribution in [1.82, 2.24) is 5.32 Å². The number of aliphatic carboxylic acids is 1. The zero-order valence-corrected chi connectivity index (χ0v) is 11.4. The molecule has 5 heteroatoms. The Morgan fingerprint density at radius 2 is 1.94 bits per heavy atom.